The molecule has 4 nitrogen and oxygen atoms in total. The van der Waals surface area contributed by atoms with E-state index in [0.717, 1.165) is 5.56 Å². The van der Waals surface area contributed by atoms with E-state index in [1.54, 1.807) is 6.07 Å². The highest BCUT2D eigenvalue weighted by atomic mass is 16.5. The van der Waals surface area contributed by atoms with E-state index in [9.17, 15) is 4.79 Å². The van der Waals surface area contributed by atoms with E-state index >= 15 is 0 Å². The van der Waals surface area contributed by atoms with Gasteiger partial charge in [-0.25, -0.2) is 9.78 Å². The molecule has 78 valence electrons. The van der Waals surface area contributed by atoms with E-state index in [1.165, 1.54) is 12.3 Å². The number of pyridine rings is 1. The van der Waals surface area contributed by atoms with Gasteiger partial charge in [0.25, 0.3) is 0 Å². The van der Waals surface area contributed by atoms with Crippen LogP contribution in [0, 0.1) is 12.3 Å². The highest BCUT2D eigenvalue weighted by Crippen LogP contribution is 2.03. The van der Waals surface area contributed by atoms with Crippen molar-refractivity contribution >= 4 is 5.97 Å². The van der Waals surface area contributed by atoms with E-state index in [1.807, 2.05) is 0 Å². The van der Waals surface area contributed by atoms with Crippen LogP contribution >= 0.6 is 0 Å². The van der Waals surface area contributed by atoms with E-state index in [-0.39, 0.29) is 5.69 Å². The lowest BCUT2D eigenvalue weighted by Gasteiger charge is -2.02. The lowest BCUT2D eigenvalue weighted by atomic mass is 10.2. The number of hydrogen-bond donors (Lipinski definition) is 1. The van der Waals surface area contributed by atoms with Crippen LogP contribution in [0.15, 0.2) is 18.3 Å². The summed E-state index contributed by atoms with van der Waals surface area (Å²) in [6.07, 6.45) is 7.05. The Hall–Kier alpha value is -1.86. The van der Waals surface area contributed by atoms with E-state index in [0.29, 0.717) is 19.6 Å². The molecule has 1 rings (SSSR count). The Bertz CT molecular complexity index is 382. The van der Waals surface area contributed by atoms with Gasteiger partial charge in [-0.1, -0.05) is 0 Å². The van der Waals surface area contributed by atoms with Crippen molar-refractivity contribution in [3.63, 3.8) is 0 Å². The standard InChI is InChI=1S/C11H11NO3/c1-2-3-6-15-8-9-4-5-12-10(7-9)11(13)14/h1,4-5,7H,3,6,8H2,(H,13,14). The lowest BCUT2D eigenvalue weighted by molar-refractivity contribution is 0.0690. The zero-order valence-electron chi connectivity index (χ0n) is 8.14. The molecule has 0 aliphatic carbocycles. The first-order chi connectivity index (χ1) is 7.24. The van der Waals surface area contributed by atoms with E-state index in [2.05, 4.69) is 10.9 Å². The molecule has 0 radical (unpaired) electrons. The molecule has 1 N–H and O–H groups in total. The predicted molar refractivity (Wildman–Crippen MR) is 54.3 cm³/mol. The third kappa shape index (κ3) is 3.79. The van der Waals surface area contributed by atoms with Crippen molar-refractivity contribution in [3.8, 4) is 12.3 Å². The smallest absolute Gasteiger partial charge is 0.354 e. The fourth-order valence-corrected chi connectivity index (χ4v) is 1.00. The van der Waals surface area contributed by atoms with Crippen molar-refractivity contribution in [2.45, 2.75) is 13.0 Å². The molecule has 0 aromatic carbocycles. The summed E-state index contributed by atoms with van der Waals surface area (Å²) in [6, 6.07) is 3.19. The number of aromatic nitrogens is 1. The van der Waals surface area contributed by atoms with Gasteiger partial charge in [-0.3, -0.25) is 0 Å². The van der Waals surface area contributed by atoms with Crippen molar-refractivity contribution < 1.29 is 14.6 Å². The number of carbonyl (C=O) groups is 1. The minimum Gasteiger partial charge on any atom is -0.477 e. The van der Waals surface area contributed by atoms with Crippen molar-refractivity contribution in [1.82, 2.24) is 4.98 Å². The highest BCUT2D eigenvalue weighted by Gasteiger charge is 2.04. The SMILES string of the molecule is C#CCCOCc1ccnc(C(=O)O)c1. The number of nitrogens with zero attached hydrogens (tertiary/aromatic N) is 1. The summed E-state index contributed by atoms with van der Waals surface area (Å²) in [6.45, 7) is 0.825. The molecule has 0 saturated heterocycles. The Morgan fingerprint density at radius 1 is 1.67 bits per heavy atom. The number of carboxylic acids is 1. The van der Waals surface area contributed by atoms with Crippen LogP contribution in [0.1, 0.15) is 22.5 Å². The van der Waals surface area contributed by atoms with Crippen LogP contribution in [0.5, 0.6) is 0 Å². The van der Waals surface area contributed by atoms with Gasteiger partial charge >= 0.3 is 5.97 Å². The summed E-state index contributed by atoms with van der Waals surface area (Å²) in [4.78, 5) is 14.3. The normalized spacial score (nSPS) is 9.53. The summed E-state index contributed by atoms with van der Waals surface area (Å²) < 4.78 is 5.23. The highest BCUT2D eigenvalue weighted by molar-refractivity contribution is 5.85. The zero-order valence-corrected chi connectivity index (χ0v) is 8.14. The molecule has 0 saturated carbocycles. The second-order valence-electron chi connectivity index (χ2n) is 2.86. The van der Waals surface area contributed by atoms with E-state index < -0.39 is 5.97 Å². The molecule has 0 aliphatic rings. The maximum atomic E-state index is 10.6. The van der Waals surface area contributed by atoms with Gasteiger partial charge in [-0.15, -0.1) is 12.3 Å². The number of hydrogen-bond acceptors (Lipinski definition) is 3. The Balaban J connectivity index is 2.51. The summed E-state index contributed by atoms with van der Waals surface area (Å²) >= 11 is 0. The van der Waals surface area contributed by atoms with E-state index in [4.69, 9.17) is 16.3 Å². The number of ether oxygens (including phenoxy) is 1. The van der Waals surface area contributed by atoms with Gasteiger partial charge in [0.05, 0.1) is 13.2 Å². The second kappa shape index (κ2) is 5.78. The Labute approximate surface area is 87.9 Å². The topological polar surface area (TPSA) is 59.4 Å². The molecule has 0 atom stereocenters. The molecule has 1 heterocycles. The number of carboxylic acid groups (broad SMARTS) is 1. The first-order valence-corrected chi connectivity index (χ1v) is 4.43. The molecule has 0 amide bonds. The van der Waals surface area contributed by atoms with Crippen molar-refractivity contribution in [1.29, 1.82) is 0 Å². The van der Waals surface area contributed by atoms with Crippen LogP contribution < -0.4 is 0 Å². The van der Waals surface area contributed by atoms with Gasteiger partial charge in [-0.2, -0.15) is 0 Å². The van der Waals surface area contributed by atoms with Crippen LogP contribution in [0.3, 0.4) is 0 Å². The Morgan fingerprint density at radius 3 is 3.13 bits per heavy atom. The molecule has 0 unspecified atom stereocenters. The van der Waals surface area contributed by atoms with Gasteiger partial charge in [0, 0.05) is 12.6 Å². The molecule has 1 aromatic heterocycles. The molecule has 1 aromatic rings. The fraction of sp³-hybridized carbons (Fsp3) is 0.273. The molecule has 0 aliphatic heterocycles. The minimum atomic E-state index is -1.04. The summed E-state index contributed by atoms with van der Waals surface area (Å²) in [5.74, 6) is 1.41. The van der Waals surface area contributed by atoms with Crippen molar-refractivity contribution in [3.05, 3.63) is 29.6 Å². The van der Waals surface area contributed by atoms with Gasteiger partial charge in [0.15, 0.2) is 0 Å². The molecular formula is C11H11NO3. The van der Waals surface area contributed by atoms with Crippen LogP contribution in [0.25, 0.3) is 0 Å². The lowest BCUT2D eigenvalue weighted by Crippen LogP contribution is -2.02. The predicted octanol–water partition coefficient (Wildman–Crippen LogP) is 1.32. The quantitative estimate of drug-likeness (QED) is 0.581. The van der Waals surface area contributed by atoms with Gasteiger partial charge in [0.2, 0.25) is 0 Å². The number of terminal acetylenes is 1. The second-order valence-corrected chi connectivity index (χ2v) is 2.86. The molecule has 0 bridgehead atoms. The average Bonchev–Trinajstić information content (AvgIpc) is 2.25. The Morgan fingerprint density at radius 2 is 2.47 bits per heavy atom. The average molecular weight is 205 g/mol. The van der Waals surface area contributed by atoms with Gasteiger partial charge in [0.1, 0.15) is 5.69 Å². The third-order valence-electron chi connectivity index (χ3n) is 1.70. The summed E-state index contributed by atoms with van der Waals surface area (Å²) in [7, 11) is 0. The van der Waals surface area contributed by atoms with Gasteiger partial charge < -0.3 is 9.84 Å². The van der Waals surface area contributed by atoms with Crippen LogP contribution in [-0.4, -0.2) is 22.7 Å². The maximum Gasteiger partial charge on any atom is 0.354 e. The largest absolute Gasteiger partial charge is 0.477 e. The first kappa shape index (κ1) is 11.2. The zero-order chi connectivity index (χ0) is 11.1. The number of aromatic carboxylic acids is 1. The van der Waals surface area contributed by atoms with Crippen LogP contribution in [0.4, 0.5) is 0 Å². The molecule has 0 spiro atoms. The summed E-state index contributed by atoms with van der Waals surface area (Å²) in [5, 5.41) is 8.69. The Kier molecular flexibility index (Phi) is 4.32. The minimum absolute atomic E-state index is 0.0213. The third-order valence-corrected chi connectivity index (χ3v) is 1.70. The molecule has 15 heavy (non-hydrogen) atoms. The number of rotatable bonds is 5. The van der Waals surface area contributed by atoms with Crippen molar-refractivity contribution in [2.24, 2.45) is 0 Å². The summed E-state index contributed by atoms with van der Waals surface area (Å²) in [5.41, 5.74) is 0.799. The van der Waals surface area contributed by atoms with Crippen LogP contribution in [-0.2, 0) is 11.3 Å². The van der Waals surface area contributed by atoms with Crippen molar-refractivity contribution in [2.75, 3.05) is 6.61 Å². The first-order valence-electron chi connectivity index (χ1n) is 4.43. The molecular weight excluding hydrogens is 194 g/mol. The maximum absolute atomic E-state index is 10.6. The molecule has 4 heteroatoms. The monoisotopic (exact) mass is 205 g/mol. The van der Waals surface area contributed by atoms with Crippen LogP contribution in [0.2, 0.25) is 0 Å². The fourth-order valence-electron chi connectivity index (χ4n) is 1.00. The van der Waals surface area contributed by atoms with Gasteiger partial charge in [-0.05, 0) is 17.7 Å². The molecule has 0 fully saturated rings.